The number of hydrogen-bond acceptors (Lipinski definition) is 4. The Hall–Kier alpha value is -2.96. The summed E-state index contributed by atoms with van der Waals surface area (Å²) < 4.78 is 36.8. The second-order valence-corrected chi connectivity index (χ2v) is 5.47. The average Bonchev–Trinajstić information content (AvgIpc) is 2.63. The van der Waals surface area contributed by atoms with Gasteiger partial charge in [0.25, 0.3) is 5.91 Å². The van der Waals surface area contributed by atoms with Crippen LogP contribution in [0.3, 0.4) is 0 Å². The van der Waals surface area contributed by atoms with Crippen LogP contribution >= 0.6 is 0 Å². The monoisotopic (exact) mass is 363 g/mol. The first-order valence-electron chi connectivity index (χ1n) is 8.14. The third kappa shape index (κ3) is 5.84. The Bertz CT molecular complexity index is 763. The molecule has 0 atom stereocenters. The van der Waals surface area contributed by atoms with E-state index in [1.54, 1.807) is 12.1 Å². The molecule has 0 saturated heterocycles. The number of nitrogens with one attached hydrogen (secondary N) is 1. The number of anilines is 1. The number of unbranched alkanes of at least 4 members (excludes halogenated alkanes) is 1. The minimum atomic E-state index is -0.787. The van der Waals surface area contributed by atoms with E-state index in [0.717, 1.165) is 31.0 Å². The lowest BCUT2D eigenvalue weighted by Crippen LogP contribution is -2.21. The highest BCUT2D eigenvalue weighted by molar-refractivity contribution is 5.95. The quantitative estimate of drug-likeness (QED) is 0.570. The Kier molecular flexibility index (Phi) is 7.08. The Morgan fingerprint density at radius 2 is 1.81 bits per heavy atom. The molecule has 0 spiro atoms. The fourth-order valence-electron chi connectivity index (χ4n) is 2.02. The maximum absolute atomic E-state index is 13.4. The zero-order valence-corrected chi connectivity index (χ0v) is 14.3. The van der Waals surface area contributed by atoms with Gasteiger partial charge in [-0.3, -0.25) is 4.79 Å². The lowest BCUT2D eigenvalue weighted by Gasteiger charge is -2.08. The molecular formula is C19H19F2NO4. The van der Waals surface area contributed by atoms with Crippen molar-refractivity contribution >= 4 is 17.6 Å². The van der Waals surface area contributed by atoms with Crippen molar-refractivity contribution in [1.82, 2.24) is 0 Å². The molecule has 0 unspecified atom stereocenters. The van der Waals surface area contributed by atoms with E-state index in [4.69, 9.17) is 9.47 Å². The summed E-state index contributed by atoms with van der Waals surface area (Å²) in [7, 11) is 0. The Balaban J connectivity index is 1.83. The molecule has 0 aliphatic rings. The Labute approximate surface area is 149 Å². The molecule has 7 heteroatoms. The van der Waals surface area contributed by atoms with E-state index in [2.05, 4.69) is 12.2 Å². The van der Waals surface area contributed by atoms with Crippen LogP contribution in [0.2, 0.25) is 0 Å². The molecule has 0 aromatic heterocycles. The standard InChI is InChI=1S/C19H19F2NO4/c1-2-3-10-25-15-7-4-13(5-8-15)19(24)26-12-18(23)22-17-11-14(20)6-9-16(17)21/h4-9,11H,2-3,10,12H2,1H3,(H,22,23). The first-order valence-corrected chi connectivity index (χ1v) is 8.14. The van der Waals surface area contributed by atoms with Crippen LogP contribution in [0.15, 0.2) is 42.5 Å². The Morgan fingerprint density at radius 1 is 1.08 bits per heavy atom. The third-order valence-corrected chi connectivity index (χ3v) is 3.39. The number of benzene rings is 2. The molecule has 2 aromatic carbocycles. The normalized spacial score (nSPS) is 10.3. The van der Waals surface area contributed by atoms with Crippen LogP contribution < -0.4 is 10.1 Å². The highest BCUT2D eigenvalue weighted by Crippen LogP contribution is 2.16. The molecule has 0 radical (unpaired) electrons. The highest BCUT2D eigenvalue weighted by atomic mass is 19.1. The molecule has 1 amide bonds. The van der Waals surface area contributed by atoms with Crippen molar-refractivity contribution in [2.24, 2.45) is 0 Å². The summed E-state index contributed by atoms with van der Waals surface area (Å²) in [6, 6.07) is 8.97. The van der Waals surface area contributed by atoms with E-state index in [1.165, 1.54) is 12.1 Å². The lowest BCUT2D eigenvalue weighted by molar-refractivity contribution is -0.119. The van der Waals surface area contributed by atoms with Gasteiger partial charge >= 0.3 is 5.97 Å². The van der Waals surface area contributed by atoms with Gasteiger partial charge in [-0.05, 0) is 42.8 Å². The van der Waals surface area contributed by atoms with Gasteiger partial charge in [0, 0.05) is 6.07 Å². The van der Waals surface area contributed by atoms with Crippen molar-refractivity contribution in [3.63, 3.8) is 0 Å². The maximum Gasteiger partial charge on any atom is 0.338 e. The molecule has 0 aliphatic heterocycles. The molecule has 0 fully saturated rings. The maximum atomic E-state index is 13.4. The molecule has 0 aliphatic carbocycles. The van der Waals surface area contributed by atoms with Gasteiger partial charge in [-0.25, -0.2) is 13.6 Å². The average molecular weight is 363 g/mol. The van der Waals surface area contributed by atoms with Crippen LogP contribution in [0.4, 0.5) is 14.5 Å². The lowest BCUT2D eigenvalue weighted by atomic mass is 10.2. The molecule has 0 saturated carbocycles. The molecule has 26 heavy (non-hydrogen) atoms. The van der Waals surface area contributed by atoms with E-state index < -0.39 is 30.1 Å². The molecule has 1 N–H and O–H groups in total. The van der Waals surface area contributed by atoms with Crippen LogP contribution in [0, 0.1) is 11.6 Å². The fraction of sp³-hybridized carbons (Fsp3) is 0.263. The van der Waals surface area contributed by atoms with Crippen LogP contribution in [0.25, 0.3) is 0 Å². The largest absolute Gasteiger partial charge is 0.494 e. The summed E-state index contributed by atoms with van der Waals surface area (Å²) >= 11 is 0. The summed E-state index contributed by atoms with van der Waals surface area (Å²) in [6.45, 7) is 2.03. The van der Waals surface area contributed by atoms with Gasteiger partial charge in [0.05, 0.1) is 17.9 Å². The van der Waals surface area contributed by atoms with Crippen LogP contribution in [-0.4, -0.2) is 25.1 Å². The fourth-order valence-corrected chi connectivity index (χ4v) is 2.02. The third-order valence-electron chi connectivity index (χ3n) is 3.39. The number of halogens is 2. The molecular weight excluding hydrogens is 344 g/mol. The molecule has 0 heterocycles. The molecule has 0 bridgehead atoms. The predicted molar refractivity (Wildman–Crippen MR) is 92.1 cm³/mol. The van der Waals surface area contributed by atoms with E-state index >= 15 is 0 Å². The summed E-state index contributed by atoms with van der Waals surface area (Å²) in [5, 5.41) is 2.14. The van der Waals surface area contributed by atoms with E-state index in [9.17, 15) is 18.4 Å². The molecule has 138 valence electrons. The number of rotatable bonds is 8. The van der Waals surface area contributed by atoms with Crippen LogP contribution in [-0.2, 0) is 9.53 Å². The molecule has 2 aromatic rings. The van der Waals surface area contributed by atoms with Crippen molar-refractivity contribution in [2.45, 2.75) is 19.8 Å². The smallest absolute Gasteiger partial charge is 0.338 e. The summed E-state index contributed by atoms with van der Waals surface area (Å²) in [5.74, 6) is -2.33. The van der Waals surface area contributed by atoms with Gasteiger partial charge in [0.2, 0.25) is 0 Å². The molecule has 2 rings (SSSR count). The van der Waals surface area contributed by atoms with Crippen molar-refractivity contribution in [2.75, 3.05) is 18.5 Å². The van der Waals surface area contributed by atoms with Crippen molar-refractivity contribution in [3.05, 3.63) is 59.7 Å². The second-order valence-electron chi connectivity index (χ2n) is 5.47. The zero-order chi connectivity index (χ0) is 18.9. The number of ether oxygens (including phenoxy) is 2. The van der Waals surface area contributed by atoms with E-state index in [0.29, 0.717) is 12.4 Å². The van der Waals surface area contributed by atoms with Crippen molar-refractivity contribution in [3.8, 4) is 5.75 Å². The first-order chi connectivity index (χ1) is 12.5. The summed E-state index contributed by atoms with van der Waals surface area (Å²) in [4.78, 5) is 23.6. The van der Waals surface area contributed by atoms with Gasteiger partial charge in [0.1, 0.15) is 17.4 Å². The van der Waals surface area contributed by atoms with Crippen molar-refractivity contribution in [1.29, 1.82) is 0 Å². The predicted octanol–water partition coefficient (Wildman–Crippen LogP) is 3.94. The van der Waals surface area contributed by atoms with Gasteiger partial charge in [-0.2, -0.15) is 0 Å². The summed E-state index contributed by atoms with van der Waals surface area (Å²) in [6.07, 6.45) is 1.96. The number of hydrogen-bond donors (Lipinski definition) is 1. The van der Waals surface area contributed by atoms with Crippen LogP contribution in [0.1, 0.15) is 30.1 Å². The molecule has 5 nitrogen and oxygen atoms in total. The van der Waals surface area contributed by atoms with Crippen molar-refractivity contribution < 1.29 is 27.8 Å². The number of esters is 1. The second kappa shape index (κ2) is 9.50. The topological polar surface area (TPSA) is 64.6 Å². The summed E-state index contributed by atoms with van der Waals surface area (Å²) in [5.41, 5.74) is -0.0720. The number of amides is 1. The van der Waals surface area contributed by atoms with Gasteiger partial charge in [0.15, 0.2) is 6.61 Å². The minimum absolute atomic E-state index is 0.248. The van der Waals surface area contributed by atoms with E-state index in [-0.39, 0.29) is 11.3 Å². The zero-order valence-electron chi connectivity index (χ0n) is 14.3. The van der Waals surface area contributed by atoms with Crippen LogP contribution in [0.5, 0.6) is 5.75 Å². The van der Waals surface area contributed by atoms with Gasteiger partial charge in [-0.15, -0.1) is 0 Å². The number of carbonyl (C=O) groups excluding carboxylic acids is 2. The SMILES string of the molecule is CCCCOc1ccc(C(=O)OCC(=O)Nc2cc(F)ccc2F)cc1. The van der Waals surface area contributed by atoms with E-state index in [1.807, 2.05) is 0 Å². The minimum Gasteiger partial charge on any atom is -0.494 e. The first kappa shape index (κ1) is 19.4. The highest BCUT2D eigenvalue weighted by Gasteiger charge is 2.12. The van der Waals surface area contributed by atoms with Gasteiger partial charge < -0.3 is 14.8 Å². The number of carbonyl (C=O) groups is 2. The Morgan fingerprint density at radius 3 is 2.50 bits per heavy atom. The van der Waals surface area contributed by atoms with Gasteiger partial charge in [-0.1, -0.05) is 13.3 Å².